The van der Waals surface area contributed by atoms with Gasteiger partial charge in [0.25, 0.3) is 0 Å². The highest BCUT2D eigenvalue weighted by atomic mass is 32.2. The Kier molecular flexibility index (Phi) is 9.58. The largest absolute Gasteiger partial charge is 0.417 e. The lowest BCUT2D eigenvalue weighted by atomic mass is 9.92. The molecule has 0 spiro atoms. The molecule has 12 nitrogen and oxygen atoms in total. The Bertz CT molecular complexity index is 2550. The third kappa shape index (κ3) is 6.63. The monoisotopic (exact) mass is 840 g/mol. The summed E-state index contributed by atoms with van der Waals surface area (Å²) in [5, 5.41) is 9.59. The fourth-order valence-electron chi connectivity index (χ4n) is 7.18. The van der Waals surface area contributed by atoms with E-state index in [1.807, 2.05) is 29.1 Å². The van der Waals surface area contributed by atoms with Crippen LogP contribution in [0, 0.1) is 0 Å². The van der Waals surface area contributed by atoms with Gasteiger partial charge < -0.3 is 21.5 Å². The molecule has 3 saturated carbocycles. The van der Waals surface area contributed by atoms with Gasteiger partial charge in [0.15, 0.2) is 24.3 Å². The van der Waals surface area contributed by atoms with Gasteiger partial charge in [-0.15, -0.1) is 22.7 Å². The zero-order valence-corrected chi connectivity index (χ0v) is 33.3. The molecule has 292 valence electrons. The topological polar surface area (TPSA) is 178 Å². The zero-order valence-electron chi connectivity index (χ0n) is 30.0. The van der Waals surface area contributed by atoms with Crippen molar-refractivity contribution in [1.29, 1.82) is 0 Å². The number of halogens is 3. The molecule has 6 aromatic heterocycles. The summed E-state index contributed by atoms with van der Waals surface area (Å²) < 4.78 is 73.6. The molecular weight excluding hydrogens is 804 g/mol. The fraction of sp³-hybridized carbons (Fsp3) is 0.405. The standard InChI is InChI=1S/C37H37F3N9O3S4/c1-48(10-11-50)36-43-15-20(16-44-36)25-14-24(37(38,39)40)26-28(41)34(53-32(26)45-25)56(52)23-12-21(13-23)49-9-3-4-19(17-49)31-46-30(18-7-8-18)27-29(42)35(54-33(27)47-31)55(51)22-5-2-6-22/h3-4,9,14-18,21-23,50H,2,5-8,10-13,41-42H2,1H3/q+1. The number of likely N-dealkylation sites (N-methyl/N-ethyl adjacent to an activating group) is 1. The van der Waals surface area contributed by atoms with E-state index in [2.05, 4.69) is 15.0 Å². The van der Waals surface area contributed by atoms with Crippen LogP contribution in [0.2, 0.25) is 0 Å². The van der Waals surface area contributed by atoms with Crippen LogP contribution in [-0.2, 0) is 27.8 Å². The molecule has 9 rings (SSSR count). The number of fused-ring (bicyclic) bond motifs is 2. The summed E-state index contributed by atoms with van der Waals surface area (Å²) in [6.45, 7) is 0.174. The molecule has 2 atom stereocenters. The quantitative estimate of drug-likeness (QED) is 0.124. The van der Waals surface area contributed by atoms with E-state index in [1.54, 1.807) is 11.9 Å². The van der Waals surface area contributed by atoms with Gasteiger partial charge in [-0.05, 0) is 37.8 Å². The van der Waals surface area contributed by atoms with Gasteiger partial charge >= 0.3 is 6.18 Å². The summed E-state index contributed by atoms with van der Waals surface area (Å²) in [7, 11) is -1.15. The molecule has 56 heavy (non-hydrogen) atoms. The van der Waals surface area contributed by atoms with Gasteiger partial charge in [-0.2, -0.15) is 13.2 Å². The first-order chi connectivity index (χ1) is 26.9. The number of pyridine rings is 2. The highest BCUT2D eigenvalue weighted by molar-refractivity contribution is 7.88. The molecule has 0 aliphatic heterocycles. The first-order valence-corrected chi connectivity index (χ1v) is 22.3. The van der Waals surface area contributed by atoms with Crippen molar-refractivity contribution in [3.8, 4) is 22.6 Å². The van der Waals surface area contributed by atoms with Crippen LogP contribution in [0.5, 0.6) is 0 Å². The van der Waals surface area contributed by atoms with E-state index < -0.39 is 33.3 Å². The molecule has 6 heterocycles. The maximum atomic E-state index is 14.5. The number of aliphatic hydroxyl groups is 1. The number of aliphatic hydroxyl groups excluding tert-OH is 1. The lowest BCUT2D eigenvalue weighted by Gasteiger charge is -2.30. The summed E-state index contributed by atoms with van der Waals surface area (Å²) in [4.78, 5) is 25.3. The first-order valence-electron chi connectivity index (χ1n) is 18.3. The molecular formula is C37H37F3N9O3S4+. The number of alkyl halides is 3. The van der Waals surface area contributed by atoms with Crippen molar-refractivity contribution in [2.24, 2.45) is 0 Å². The summed E-state index contributed by atoms with van der Waals surface area (Å²) in [5.41, 5.74) is 14.4. The second-order valence-corrected chi connectivity index (χ2v) is 20.4. The first kappa shape index (κ1) is 37.4. The van der Waals surface area contributed by atoms with Crippen LogP contribution in [0.4, 0.5) is 30.5 Å². The third-order valence-electron chi connectivity index (χ3n) is 10.8. The molecule has 3 fully saturated rings. The SMILES string of the molecule is CN(CCO)c1ncc(-c2cc(C(F)(F)F)c3c(N)c(S(=O)C4CC([n+]5cccc(-c6nc(C7CC7)c7c(N)c(S(=O)C8CCC8)sc7n6)c5)C4)sc3n2)cn1. The van der Waals surface area contributed by atoms with Crippen molar-refractivity contribution in [3.63, 3.8) is 0 Å². The van der Waals surface area contributed by atoms with E-state index in [0.29, 0.717) is 40.4 Å². The van der Waals surface area contributed by atoms with Crippen molar-refractivity contribution >= 4 is 82.0 Å². The summed E-state index contributed by atoms with van der Waals surface area (Å²) in [6.07, 6.45) is 7.98. The summed E-state index contributed by atoms with van der Waals surface area (Å²) in [6, 6.07) is 4.78. The predicted octanol–water partition coefficient (Wildman–Crippen LogP) is 6.37. The number of rotatable bonds is 11. The van der Waals surface area contributed by atoms with Gasteiger partial charge in [0.2, 0.25) is 5.95 Å². The number of nitrogen functional groups attached to an aromatic ring is 2. The van der Waals surface area contributed by atoms with Crippen molar-refractivity contribution < 1.29 is 31.3 Å². The van der Waals surface area contributed by atoms with Crippen LogP contribution in [0.15, 0.2) is 51.4 Å². The highest BCUT2D eigenvalue weighted by Crippen LogP contribution is 2.49. The number of hydrogen-bond acceptors (Lipinski definition) is 13. The molecule has 0 aromatic carbocycles. The van der Waals surface area contributed by atoms with Crippen LogP contribution in [0.25, 0.3) is 43.1 Å². The number of nitrogens with two attached hydrogens (primary N) is 2. The third-order valence-corrected chi connectivity index (χ3v) is 17.3. The van der Waals surface area contributed by atoms with Gasteiger partial charge in [0.05, 0.1) is 72.7 Å². The average Bonchev–Trinajstić information content (AvgIpc) is 3.86. The molecule has 5 N–H and O–H groups in total. The Hall–Kier alpha value is -4.17. The molecule has 3 aliphatic rings. The van der Waals surface area contributed by atoms with Gasteiger partial charge in [0.1, 0.15) is 18.1 Å². The minimum absolute atomic E-state index is 0.00474. The Morgan fingerprint density at radius 2 is 1.59 bits per heavy atom. The van der Waals surface area contributed by atoms with E-state index in [4.69, 9.17) is 21.4 Å². The zero-order chi connectivity index (χ0) is 39.0. The maximum absolute atomic E-state index is 14.5. The van der Waals surface area contributed by atoms with Crippen molar-refractivity contribution in [2.45, 2.75) is 82.0 Å². The predicted molar refractivity (Wildman–Crippen MR) is 212 cm³/mol. The van der Waals surface area contributed by atoms with Crippen molar-refractivity contribution in [2.75, 3.05) is 36.6 Å². The van der Waals surface area contributed by atoms with Crippen LogP contribution in [0.3, 0.4) is 0 Å². The Morgan fingerprint density at radius 3 is 2.21 bits per heavy atom. The Morgan fingerprint density at radius 1 is 0.929 bits per heavy atom. The fourth-order valence-corrected chi connectivity index (χ4v) is 13.6. The molecule has 0 bridgehead atoms. The highest BCUT2D eigenvalue weighted by Gasteiger charge is 2.43. The number of hydrogen-bond donors (Lipinski definition) is 3. The van der Waals surface area contributed by atoms with E-state index in [9.17, 15) is 26.7 Å². The van der Waals surface area contributed by atoms with E-state index in [1.165, 1.54) is 23.7 Å². The van der Waals surface area contributed by atoms with Crippen LogP contribution in [0.1, 0.15) is 68.2 Å². The lowest BCUT2D eigenvalue weighted by Crippen LogP contribution is -2.49. The number of anilines is 3. The van der Waals surface area contributed by atoms with Gasteiger partial charge in [-0.1, -0.05) is 6.42 Å². The van der Waals surface area contributed by atoms with Crippen LogP contribution in [-0.4, -0.2) is 69.1 Å². The van der Waals surface area contributed by atoms with E-state index in [0.717, 1.165) is 71.0 Å². The molecule has 0 saturated heterocycles. The van der Waals surface area contributed by atoms with Crippen molar-refractivity contribution in [3.05, 3.63) is 54.2 Å². The average molecular weight is 841 g/mol. The number of aromatic nitrogens is 6. The second kappa shape index (κ2) is 14.3. The minimum atomic E-state index is -4.75. The summed E-state index contributed by atoms with van der Waals surface area (Å²) >= 11 is 2.32. The van der Waals surface area contributed by atoms with E-state index in [-0.39, 0.29) is 61.1 Å². The van der Waals surface area contributed by atoms with Gasteiger partial charge in [-0.25, -0.2) is 29.5 Å². The normalized spacial score (nSPS) is 19.9. The molecule has 2 unspecified atom stereocenters. The molecule has 0 radical (unpaired) electrons. The van der Waals surface area contributed by atoms with Gasteiger partial charge in [0, 0.05) is 67.0 Å². The van der Waals surface area contributed by atoms with Gasteiger partial charge in [-0.3, -0.25) is 8.42 Å². The van der Waals surface area contributed by atoms with Crippen molar-refractivity contribution in [1.82, 2.24) is 24.9 Å². The molecule has 3 aliphatic carbocycles. The second-order valence-electron chi connectivity index (χ2n) is 14.6. The molecule has 6 aromatic rings. The van der Waals surface area contributed by atoms with E-state index >= 15 is 0 Å². The number of nitrogens with zero attached hydrogens (tertiary/aromatic N) is 7. The van der Waals surface area contributed by atoms with Crippen LogP contribution < -0.4 is 20.9 Å². The smallest absolute Gasteiger partial charge is 0.396 e. The van der Waals surface area contributed by atoms with Crippen LogP contribution >= 0.6 is 22.7 Å². The minimum Gasteiger partial charge on any atom is -0.396 e. The summed E-state index contributed by atoms with van der Waals surface area (Å²) in [5.74, 6) is 1.16. The molecule has 19 heteroatoms. The Balaban J connectivity index is 0.964. The Labute approximate surface area is 332 Å². The molecule has 0 amide bonds. The lowest BCUT2D eigenvalue weighted by molar-refractivity contribution is -0.732. The number of thiophene rings is 2. The maximum Gasteiger partial charge on any atom is 0.417 e.